The summed E-state index contributed by atoms with van der Waals surface area (Å²) in [6.45, 7) is 10.2. The van der Waals surface area contributed by atoms with E-state index in [1.54, 1.807) is 24.0 Å². The number of rotatable bonds is 7. The number of nitrogens with zero attached hydrogens (tertiary/aromatic N) is 5. The Morgan fingerprint density at radius 2 is 2.03 bits per heavy atom. The number of fused-ring (bicyclic) bond motifs is 1. The second-order valence-corrected chi connectivity index (χ2v) is 10.3. The fourth-order valence-corrected chi connectivity index (χ4v) is 4.33. The van der Waals surface area contributed by atoms with Crippen LogP contribution < -0.4 is 10.6 Å². The van der Waals surface area contributed by atoms with Crippen LogP contribution in [0.15, 0.2) is 24.5 Å². The van der Waals surface area contributed by atoms with Crippen molar-refractivity contribution >= 4 is 23.2 Å². The first kappa shape index (κ1) is 24.9. The Kier molecular flexibility index (Phi) is 6.98. The quantitative estimate of drug-likeness (QED) is 0.512. The first-order chi connectivity index (χ1) is 16.5. The van der Waals surface area contributed by atoms with E-state index >= 15 is 0 Å². The van der Waals surface area contributed by atoms with Crippen molar-refractivity contribution in [1.82, 2.24) is 29.7 Å². The van der Waals surface area contributed by atoms with Crippen molar-refractivity contribution in [2.75, 3.05) is 12.4 Å². The van der Waals surface area contributed by atoms with Crippen molar-refractivity contribution in [3.8, 4) is 0 Å². The number of hydrogen-bond donors (Lipinski definition) is 2. The van der Waals surface area contributed by atoms with Gasteiger partial charge >= 0.3 is 6.09 Å². The zero-order valence-corrected chi connectivity index (χ0v) is 21.1. The third kappa shape index (κ3) is 5.55. The number of ether oxygens (including phenoxy) is 2. The molecule has 10 nitrogen and oxygen atoms in total. The molecule has 0 aliphatic heterocycles. The van der Waals surface area contributed by atoms with Gasteiger partial charge in [0.05, 0.1) is 23.5 Å². The highest BCUT2D eigenvalue weighted by atomic mass is 19.1. The number of alkyl carbamates (subject to hydrolysis) is 1. The van der Waals surface area contributed by atoms with Crippen molar-refractivity contribution in [2.24, 2.45) is 0 Å². The number of methoxy groups -OCH3 is 1. The minimum Gasteiger partial charge on any atom is -0.443 e. The Bertz CT molecular complexity index is 1180. The Hall–Kier alpha value is -3.21. The SMILES string of the molecule is COCc1cc2c(Nc3cc([C@@H]4C[C@H](F)[C@H](OC(=O)NC(C)C)C4)nn3C(C)(C)C)nccn2n1. The maximum absolute atomic E-state index is 14.8. The zero-order valence-electron chi connectivity index (χ0n) is 21.1. The molecule has 0 aromatic carbocycles. The van der Waals surface area contributed by atoms with Crippen molar-refractivity contribution < 1.29 is 18.7 Å². The van der Waals surface area contributed by atoms with Gasteiger partial charge in [0.1, 0.15) is 23.6 Å². The predicted molar refractivity (Wildman–Crippen MR) is 130 cm³/mol. The lowest BCUT2D eigenvalue weighted by atomic mass is 10.0. The molecule has 1 aliphatic rings. The van der Waals surface area contributed by atoms with Gasteiger partial charge in [0, 0.05) is 37.5 Å². The lowest BCUT2D eigenvalue weighted by Gasteiger charge is -2.22. The molecule has 11 heteroatoms. The van der Waals surface area contributed by atoms with E-state index in [4.69, 9.17) is 14.6 Å². The molecule has 190 valence electrons. The van der Waals surface area contributed by atoms with E-state index < -0.39 is 18.4 Å². The molecule has 0 bridgehead atoms. The smallest absolute Gasteiger partial charge is 0.407 e. The van der Waals surface area contributed by atoms with E-state index in [1.165, 1.54) is 0 Å². The average molecular weight is 488 g/mol. The molecule has 0 spiro atoms. The second kappa shape index (κ2) is 9.80. The molecule has 4 rings (SSSR count). The van der Waals surface area contributed by atoms with Gasteiger partial charge in [-0.1, -0.05) is 0 Å². The number of alkyl halides is 1. The van der Waals surface area contributed by atoms with Crippen LogP contribution in [0.2, 0.25) is 0 Å². The number of nitrogens with one attached hydrogen (secondary N) is 2. The third-order valence-corrected chi connectivity index (χ3v) is 5.86. The third-order valence-electron chi connectivity index (χ3n) is 5.86. The minimum absolute atomic E-state index is 0.0756. The average Bonchev–Trinajstić information content (AvgIpc) is 3.45. The summed E-state index contributed by atoms with van der Waals surface area (Å²) >= 11 is 0. The van der Waals surface area contributed by atoms with Crippen LogP contribution in [0.4, 0.5) is 20.8 Å². The summed E-state index contributed by atoms with van der Waals surface area (Å²) in [7, 11) is 1.63. The summed E-state index contributed by atoms with van der Waals surface area (Å²) < 4.78 is 28.9. The van der Waals surface area contributed by atoms with Gasteiger partial charge in [-0.25, -0.2) is 23.4 Å². The summed E-state index contributed by atoms with van der Waals surface area (Å²) in [6.07, 6.45) is 1.45. The van der Waals surface area contributed by atoms with E-state index in [-0.39, 0.29) is 23.9 Å². The van der Waals surface area contributed by atoms with E-state index in [2.05, 4.69) is 20.7 Å². The molecule has 3 aromatic rings. The van der Waals surface area contributed by atoms with Gasteiger partial charge in [0.15, 0.2) is 5.82 Å². The molecule has 3 atom stereocenters. The summed E-state index contributed by atoms with van der Waals surface area (Å²) in [4.78, 5) is 16.5. The minimum atomic E-state index is -1.24. The van der Waals surface area contributed by atoms with Crippen molar-refractivity contribution in [3.05, 3.63) is 35.9 Å². The molecule has 1 aliphatic carbocycles. The predicted octanol–water partition coefficient (Wildman–Crippen LogP) is 4.29. The molecule has 0 saturated heterocycles. The number of amides is 1. The van der Waals surface area contributed by atoms with Gasteiger partial charge in [0.2, 0.25) is 0 Å². The molecule has 3 aromatic heterocycles. The topological polar surface area (TPSA) is 108 Å². The fourth-order valence-electron chi connectivity index (χ4n) is 4.33. The largest absolute Gasteiger partial charge is 0.443 e. The lowest BCUT2D eigenvalue weighted by molar-refractivity contribution is 0.0593. The molecule has 0 unspecified atom stereocenters. The van der Waals surface area contributed by atoms with Gasteiger partial charge < -0.3 is 20.1 Å². The Morgan fingerprint density at radius 1 is 1.26 bits per heavy atom. The molecule has 3 heterocycles. The zero-order chi connectivity index (χ0) is 25.3. The van der Waals surface area contributed by atoms with Crippen LogP contribution in [0.3, 0.4) is 0 Å². The van der Waals surface area contributed by atoms with Gasteiger partial charge in [-0.3, -0.25) is 0 Å². The first-order valence-corrected chi connectivity index (χ1v) is 11.9. The summed E-state index contributed by atoms with van der Waals surface area (Å²) in [5.41, 5.74) is 2.01. The van der Waals surface area contributed by atoms with E-state index in [1.807, 2.05) is 51.4 Å². The number of aromatic nitrogens is 5. The molecular formula is C24H34FN7O3. The summed E-state index contributed by atoms with van der Waals surface area (Å²) in [5.74, 6) is 1.19. The Labute approximate surface area is 204 Å². The highest BCUT2D eigenvalue weighted by Gasteiger charge is 2.39. The molecule has 1 amide bonds. The van der Waals surface area contributed by atoms with Crippen molar-refractivity contribution in [3.63, 3.8) is 0 Å². The summed E-state index contributed by atoms with van der Waals surface area (Å²) in [5, 5.41) is 15.4. The number of anilines is 2. The number of carbonyl (C=O) groups is 1. The Balaban J connectivity index is 1.59. The fraction of sp³-hybridized carbons (Fsp3) is 0.583. The van der Waals surface area contributed by atoms with Crippen LogP contribution in [-0.4, -0.2) is 55.9 Å². The number of halogens is 1. The first-order valence-electron chi connectivity index (χ1n) is 11.9. The van der Waals surface area contributed by atoms with Gasteiger partial charge in [-0.15, -0.1) is 0 Å². The highest BCUT2D eigenvalue weighted by Crippen LogP contribution is 2.39. The molecule has 2 N–H and O–H groups in total. The molecule has 1 saturated carbocycles. The van der Waals surface area contributed by atoms with Crippen LogP contribution in [0.1, 0.15) is 64.8 Å². The number of carbonyl (C=O) groups excluding carboxylic acids is 1. The molecule has 35 heavy (non-hydrogen) atoms. The van der Waals surface area contributed by atoms with Crippen LogP contribution in [0.5, 0.6) is 0 Å². The standard InChI is InChI=1S/C24H34FN7O3/c1-14(2)27-23(33)35-20-10-15(9-17(20)25)18-12-21(32(30-18)24(3,4)5)28-22-19-11-16(13-34-6)29-31(19)8-7-26-22/h7-8,11-12,14-15,17,20H,9-10,13H2,1-6H3,(H,26,28)(H,27,33)/t15-,17+,20-/m1/s1. The van der Waals surface area contributed by atoms with Gasteiger partial charge in [-0.05, 0) is 53.5 Å². The molecule has 0 radical (unpaired) electrons. The van der Waals surface area contributed by atoms with Gasteiger partial charge in [0.25, 0.3) is 0 Å². The van der Waals surface area contributed by atoms with Crippen LogP contribution in [0, 0.1) is 0 Å². The van der Waals surface area contributed by atoms with Crippen LogP contribution >= 0.6 is 0 Å². The van der Waals surface area contributed by atoms with Crippen molar-refractivity contribution in [1.29, 1.82) is 0 Å². The number of hydrogen-bond acceptors (Lipinski definition) is 7. The van der Waals surface area contributed by atoms with Crippen LogP contribution in [-0.2, 0) is 21.6 Å². The monoisotopic (exact) mass is 487 g/mol. The van der Waals surface area contributed by atoms with Crippen molar-refractivity contribution in [2.45, 2.75) is 83.8 Å². The second-order valence-electron chi connectivity index (χ2n) is 10.3. The maximum atomic E-state index is 14.8. The summed E-state index contributed by atoms with van der Waals surface area (Å²) in [6, 6.07) is 3.77. The highest BCUT2D eigenvalue weighted by molar-refractivity contribution is 5.72. The van der Waals surface area contributed by atoms with Crippen LogP contribution in [0.25, 0.3) is 5.52 Å². The molecular weight excluding hydrogens is 453 g/mol. The lowest BCUT2D eigenvalue weighted by Crippen LogP contribution is -2.35. The Morgan fingerprint density at radius 3 is 2.71 bits per heavy atom. The van der Waals surface area contributed by atoms with E-state index in [0.29, 0.717) is 18.8 Å². The maximum Gasteiger partial charge on any atom is 0.407 e. The van der Waals surface area contributed by atoms with Gasteiger partial charge in [-0.2, -0.15) is 10.2 Å². The molecule has 1 fully saturated rings. The van der Waals surface area contributed by atoms with E-state index in [0.717, 1.165) is 22.7 Å². The normalized spacial score (nSPS) is 20.5. The van der Waals surface area contributed by atoms with E-state index in [9.17, 15) is 9.18 Å².